The third kappa shape index (κ3) is 1.84. The van der Waals surface area contributed by atoms with Crippen molar-refractivity contribution in [2.75, 3.05) is 0 Å². The first-order valence-corrected chi connectivity index (χ1v) is 5.70. The van der Waals surface area contributed by atoms with Gasteiger partial charge in [-0.15, -0.1) is 0 Å². The van der Waals surface area contributed by atoms with Crippen molar-refractivity contribution < 1.29 is 0 Å². The average molecular weight is 166 g/mol. The molecule has 2 aliphatic rings. The van der Waals surface area contributed by atoms with Gasteiger partial charge in [-0.3, -0.25) is 0 Å². The lowest BCUT2D eigenvalue weighted by molar-refractivity contribution is 0.230. The maximum absolute atomic E-state index is 2.36. The summed E-state index contributed by atoms with van der Waals surface area (Å²) in [4.78, 5) is 0. The van der Waals surface area contributed by atoms with E-state index >= 15 is 0 Å². The molecular formula is C12H22. The lowest BCUT2D eigenvalue weighted by Crippen LogP contribution is -2.16. The molecule has 12 heavy (non-hydrogen) atoms. The molecule has 2 saturated carbocycles. The second-order valence-electron chi connectivity index (χ2n) is 5.57. The molecule has 0 aromatic carbocycles. The van der Waals surface area contributed by atoms with Gasteiger partial charge in [-0.25, -0.2) is 0 Å². The van der Waals surface area contributed by atoms with E-state index < -0.39 is 0 Å². The Morgan fingerprint density at radius 1 is 1.08 bits per heavy atom. The van der Waals surface area contributed by atoms with Gasteiger partial charge in [0.2, 0.25) is 0 Å². The van der Waals surface area contributed by atoms with Crippen molar-refractivity contribution in [1.29, 1.82) is 0 Å². The molecule has 1 spiro atoms. The molecule has 2 fully saturated rings. The first-order chi connectivity index (χ1) is 5.70. The summed E-state index contributed by atoms with van der Waals surface area (Å²) < 4.78 is 0. The predicted octanol–water partition coefficient (Wildman–Crippen LogP) is 4.00. The Bertz CT molecular complexity index is 143. The van der Waals surface area contributed by atoms with Crippen LogP contribution in [0.25, 0.3) is 0 Å². The summed E-state index contributed by atoms with van der Waals surface area (Å²) in [6.45, 7) is 4.73. The molecule has 0 heterocycles. The molecular weight excluding hydrogens is 144 g/mol. The van der Waals surface area contributed by atoms with Crippen LogP contribution in [-0.2, 0) is 0 Å². The molecule has 0 amide bonds. The van der Waals surface area contributed by atoms with Crippen LogP contribution >= 0.6 is 0 Å². The smallest absolute Gasteiger partial charge is 0.0297 e. The zero-order chi connectivity index (χ0) is 8.60. The molecule has 0 radical (unpaired) electrons. The molecule has 0 bridgehead atoms. The monoisotopic (exact) mass is 166 g/mol. The molecule has 2 aliphatic carbocycles. The van der Waals surface area contributed by atoms with Gasteiger partial charge in [-0.1, -0.05) is 13.8 Å². The first-order valence-electron chi connectivity index (χ1n) is 5.70. The number of hydrogen-bond acceptors (Lipinski definition) is 0. The largest absolute Gasteiger partial charge is 0.0628 e. The molecule has 0 nitrogen and oxygen atoms in total. The standard InChI is InChI=1S/C12H22/c1-10(2)9-11-3-5-12(6-4-11)7-8-12/h10-11H,3-9H2,1-2H3. The SMILES string of the molecule is CC(C)CC1CCC2(CC1)CC2. The van der Waals surface area contributed by atoms with Crippen LogP contribution in [-0.4, -0.2) is 0 Å². The summed E-state index contributed by atoms with van der Waals surface area (Å²) in [7, 11) is 0. The minimum absolute atomic E-state index is 0.896. The molecule has 0 unspecified atom stereocenters. The molecule has 0 saturated heterocycles. The Kier molecular flexibility index (Phi) is 2.18. The third-order valence-corrected chi connectivity index (χ3v) is 3.93. The maximum atomic E-state index is 2.36. The summed E-state index contributed by atoms with van der Waals surface area (Å²) in [5.41, 5.74) is 0.896. The van der Waals surface area contributed by atoms with Crippen LogP contribution in [0.1, 0.15) is 58.8 Å². The van der Waals surface area contributed by atoms with Gasteiger partial charge in [0, 0.05) is 0 Å². The zero-order valence-corrected chi connectivity index (χ0v) is 8.60. The molecule has 2 rings (SSSR count). The maximum Gasteiger partial charge on any atom is -0.0297 e. The average Bonchev–Trinajstić information content (AvgIpc) is 2.75. The van der Waals surface area contributed by atoms with Gasteiger partial charge in [0.1, 0.15) is 0 Å². The van der Waals surface area contributed by atoms with Crippen LogP contribution in [0.4, 0.5) is 0 Å². The second kappa shape index (κ2) is 3.05. The van der Waals surface area contributed by atoms with Crippen molar-refractivity contribution in [1.82, 2.24) is 0 Å². The van der Waals surface area contributed by atoms with E-state index in [9.17, 15) is 0 Å². The Labute approximate surface area is 76.7 Å². The zero-order valence-electron chi connectivity index (χ0n) is 8.60. The minimum Gasteiger partial charge on any atom is -0.0628 e. The van der Waals surface area contributed by atoms with Crippen LogP contribution in [0.5, 0.6) is 0 Å². The fourth-order valence-electron chi connectivity index (χ4n) is 2.87. The van der Waals surface area contributed by atoms with E-state index in [1.807, 2.05) is 0 Å². The van der Waals surface area contributed by atoms with Crippen LogP contribution in [0.3, 0.4) is 0 Å². The van der Waals surface area contributed by atoms with Crippen LogP contribution in [0.2, 0.25) is 0 Å². The molecule has 70 valence electrons. The topological polar surface area (TPSA) is 0 Å². The lowest BCUT2D eigenvalue weighted by atomic mass is 9.77. The second-order valence-corrected chi connectivity index (χ2v) is 5.57. The van der Waals surface area contributed by atoms with E-state index in [4.69, 9.17) is 0 Å². The van der Waals surface area contributed by atoms with Crippen molar-refractivity contribution >= 4 is 0 Å². The molecule has 0 atom stereocenters. The predicted molar refractivity (Wildman–Crippen MR) is 53.1 cm³/mol. The summed E-state index contributed by atoms with van der Waals surface area (Å²) in [5, 5.41) is 0. The van der Waals surface area contributed by atoms with Gasteiger partial charge in [0.05, 0.1) is 0 Å². The van der Waals surface area contributed by atoms with Gasteiger partial charge < -0.3 is 0 Å². The summed E-state index contributed by atoms with van der Waals surface area (Å²) in [5.74, 6) is 2.00. The summed E-state index contributed by atoms with van der Waals surface area (Å²) in [6.07, 6.45) is 10.8. The van der Waals surface area contributed by atoms with Gasteiger partial charge in [-0.2, -0.15) is 0 Å². The highest BCUT2D eigenvalue weighted by Crippen LogP contribution is 2.57. The molecule has 0 N–H and O–H groups in total. The Balaban J connectivity index is 1.74. The quantitative estimate of drug-likeness (QED) is 0.581. The Hall–Kier alpha value is 0. The van der Waals surface area contributed by atoms with Crippen LogP contribution < -0.4 is 0 Å². The Morgan fingerprint density at radius 3 is 2.08 bits per heavy atom. The first kappa shape index (κ1) is 8.59. The van der Waals surface area contributed by atoms with Crippen molar-refractivity contribution in [2.45, 2.75) is 58.8 Å². The highest BCUT2D eigenvalue weighted by molar-refractivity contribution is 4.96. The summed E-state index contributed by atoms with van der Waals surface area (Å²) in [6, 6.07) is 0. The number of hydrogen-bond donors (Lipinski definition) is 0. The molecule has 0 aromatic rings. The highest BCUT2D eigenvalue weighted by Gasteiger charge is 2.44. The number of rotatable bonds is 2. The van der Waals surface area contributed by atoms with E-state index in [-0.39, 0.29) is 0 Å². The molecule has 0 aromatic heterocycles. The van der Waals surface area contributed by atoms with Gasteiger partial charge in [0.25, 0.3) is 0 Å². The molecule has 0 heteroatoms. The van der Waals surface area contributed by atoms with Crippen molar-refractivity contribution in [3.8, 4) is 0 Å². The van der Waals surface area contributed by atoms with Crippen molar-refractivity contribution in [3.05, 3.63) is 0 Å². The van der Waals surface area contributed by atoms with E-state index in [0.29, 0.717) is 0 Å². The fraction of sp³-hybridized carbons (Fsp3) is 1.00. The van der Waals surface area contributed by atoms with Crippen molar-refractivity contribution in [3.63, 3.8) is 0 Å². The van der Waals surface area contributed by atoms with Crippen LogP contribution in [0, 0.1) is 17.3 Å². The fourth-order valence-corrected chi connectivity index (χ4v) is 2.87. The normalized spacial score (nSPS) is 28.2. The van der Waals surface area contributed by atoms with E-state index in [1.165, 1.54) is 19.3 Å². The minimum atomic E-state index is 0.896. The van der Waals surface area contributed by atoms with E-state index in [2.05, 4.69) is 13.8 Å². The summed E-state index contributed by atoms with van der Waals surface area (Å²) >= 11 is 0. The van der Waals surface area contributed by atoms with E-state index in [1.54, 1.807) is 25.7 Å². The highest BCUT2D eigenvalue weighted by atomic mass is 14.5. The Morgan fingerprint density at radius 2 is 1.67 bits per heavy atom. The van der Waals surface area contributed by atoms with Crippen LogP contribution in [0.15, 0.2) is 0 Å². The van der Waals surface area contributed by atoms with Gasteiger partial charge >= 0.3 is 0 Å². The van der Waals surface area contributed by atoms with Crippen molar-refractivity contribution in [2.24, 2.45) is 17.3 Å². The van der Waals surface area contributed by atoms with Gasteiger partial charge in [0.15, 0.2) is 0 Å². The third-order valence-electron chi connectivity index (χ3n) is 3.93. The molecule has 0 aliphatic heterocycles. The van der Waals surface area contributed by atoms with E-state index in [0.717, 1.165) is 17.3 Å². The lowest BCUT2D eigenvalue weighted by Gasteiger charge is -2.29. The van der Waals surface area contributed by atoms with Gasteiger partial charge in [-0.05, 0) is 62.2 Å².